The highest BCUT2D eigenvalue weighted by Gasteiger charge is 2.30. The lowest BCUT2D eigenvalue weighted by molar-refractivity contribution is -0.137. The van der Waals surface area contributed by atoms with Gasteiger partial charge in [-0.05, 0) is 47.9 Å². The highest BCUT2D eigenvalue weighted by atomic mass is 19.4. The zero-order valence-corrected chi connectivity index (χ0v) is 16.6. The van der Waals surface area contributed by atoms with Crippen LogP contribution in [0.5, 0.6) is 0 Å². The lowest BCUT2D eigenvalue weighted by Crippen LogP contribution is -2.28. The Hall–Kier alpha value is -3.28. The van der Waals surface area contributed by atoms with Crippen molar-refractivity contribution < 1.29 is 18.0 Å². The number of carbonyl (C=O) groups excluding carboxylic acids is 1. The average molecular weight is 412 g/mol. The second-order valence-corrected chi connectivity index (χ2v) is 6.99. The first-order chi connectivity index (χ1) is 14.4. The van der Waals surface area contributed by atoms with Gasteiger partial charge in [0.25, 0.3) is 5.91 Å². The topological polar surface area (TPSA) is 32.3 Å². The highest BCUT2D eigenvalue weighted by molar-refractivity contribution is 6.00. The van der Waals surface area contributed by atoms with E-state index in [9.17, 15) is 18.0 Å². The fourth-order valence-corrected chi connectivity index (χ4v) is 3.20. The summed E-state index contributed by atoms with van der Waals surface area (Å²) in [6, 6.07) is 21.7. The van der Waals surface area contributed by atoms with E-state index in [1.165, 1.54) is 12.1 Å². The molecule has 0 saturated heterocycles. The number of nitrogens with zero attached hydrogens (tertiary/aromatic N) is 1. The van der Waals surface area contributed by atoms with Gasteiger partial charge in [0, 0.05) is 31.4 Å². The summed E-state index contributed by atoms with van der Waals surface area (Å²) in [5, 5.41) is 2.91. The van der Waals surface area contributed by atoms with E-state index in [2.05, 4.69) is 10.2 Å². The number of halogens is 3. The van der Waals surface area contributed by atoms with E-state index >= 15 is 0 Å². The third kappa shape index (κ3) is 5.41. The molecule has 0 saturated carbocycles. The van der Waals surface area contributed by atoms with Gasteiger partial charge in [-0.3, -0.25) is 4.79 Å². The van der Waals surface area contributed by atoms with Crippen LogP contribution in [0.3, 0.4) is 0 Å². The van der Waals surface area contributed by atoms with Gasteiger partial charge in [0.05, 0.1) is 5.56 Å². The molecule has 0 bridgehead atoms. The lowest BCUT2D eigenvalue weighted by Gasteiger charge is -2.19. The summed E-state index contributed by atoms with van der Waals surface area (Å²) in [5.41, 5.74) is 2.00. The Bertz CT molecular complexity index is 970. The number of anilines is 1. The second kappa shape index (κ2) is 9.48. The Kier molecular flexibility index (Phi) is 6.77. The molecule has 0 unspecified atom stereocenters. The first-order valence-corrected chi connectivity index (χ1v) is 9.67. The Balaban J connectivity index is 1.62. The highest BCUT2D eigenvalue weighted by Crippen LogP contribution is 2.31. The second-order valence-electron chi connectivity index (χ2n) is 6.99. The maximum absolute atomic E-state index is 12.8. The summed E-state index contributed by atoms with van der Waals surface area (Å²) in [5.74, 6) is -0.243. The van der Waals surface area contributed by atoms with Gasteiger partial charge in [-0.15, -0.1) is 0 Å². The standard InChI is InChI=1S/C24H23F3N2O/c1-29(20-8-3-2-4-9-20)17-7-16-28-23(30)22-11-6-5-10-21(22)18-12-14-19(15-13-18)24(25,26)27/h2-6,8-15H,7,16-17H2,1H3,(H,28,30). The van der Waals surface area contributed by atoms with Crippen LogP contribution in [0.15, 0.2) is 78.9 Å². The Morgan fingerprint density at radius 2 is 1.53 bits per heavy atom. The lowest BCUT2D eigenvalue weighted by atomic mass is 9.98. The molecule has 3 aromatic carbocycles. The van der Waals surface area contributed by atoms with Crippen LogP contribution < -0.4 is 10.2 Å². The number of hydrogen-bond donors (Lipinski definition) is 1. The van der Waals surface area contributed by atoms with Crippen molar-refractivity contribution in [1.29, 1.82) is 0 Å². The minimum atomic E-state index is -4.39. The summed E-state index contributed by atoms with van der Waals surface area (Å²) in [7, 11) is 2.00. The fourth-order valence-electron chi connectivity index (χ4n) is 3.20. The van der Waals surface area contributed by atoms with Crippen LogP contribution in [-0.2, 0) is 6.18 Å². The molecule has 3 aromatic rings. The van der Waals surface area contributed by atoms with Crippen LogP contribution >= 0.6 is 0 Å². The number of benzene rings is 3. The quantitative estimate of drug-likeness (QED) is 0.510. The monoisotopic (exact) mass is 412 g/mol. The van der Waals surface area contributed by atoms with E-state index in [4.69, 9.17) is 0 Å². The number of nitrogens with one attached hydrogen (secondary N) is 1. The molecule has 30 heavy (non-hydrogen) atoms. The van der Waals surface area contributed by atoms with Crippen molar-refractivity contribution in [3.63, 3.8) is 0 Å². The van der Waals surface area contributed by atoms with E-state index in [0.717, 1.165) is 30.8 Å². The van der Waals surface area contributed by atoms with Crippen molar-refractivity contribution >= 4 is 11.6 Å². The zero-order valence-electron chi connectivity index (χ0n) is 16.6. The molecule has 0 aliphatic carbocycles. The molecule has 0 spiro atoms. The molecule has 0 atom stereocenters. The molecular formula is C24H23F3N2O. The minimum Gasteiger partial charge on any atom is -0.375 e. The number of carbonyl (C=O) groups is 1. The van der Waals surface area contributed by atoms with Crippen molar-refractivity contribution in [1.82, 2.24) is 5.32 Å². The SMILES string of the molecule is CN(CCCNC(=O)c1ccccc1-c1ccc(C(F)(F)F)cc1)c1ccccc1. The van der Waals surface area contributed by atoms with Gasteiger partial charge in [0.1, 0.15) is 0 Å². The first kappa shape index (κ1) is 21.4. The summed E-state index contributed by atoms with van der Waals surface area (Å²) in [6.07, 6.45) is -3.62. The van der Waals surface area contributed by atoms with E-state index < -0.39 is 11.7 Å². The van der Waals surface area contributed by atoms with Crippen molar-refractivity contribution in [2.24, 2.45) is 0 Å². The summed E-state index contributed by atoms with van der Waals surface area (Å²) < 4.78 is 38.4. The van der Waals surface area contributed by atoms with E-state index in [-0.39, 0.29) is 5.91 Å². The van der Waals surface area contributed by atoms with Crippen LogP contribution in [0, 0.1) is 0 Å². The predicted molar refractivity (Wildman–Crippen MR) is 114 cm³/mol. The molecule has 6 heteroatoms. The van der Waals surface area contributed by atoms with Gasteiger partial charge >= 0.3 is 6.18 Å². The van der Waals surface area contributed by atoms with Gasteiger partial charge in [-0.2, -0.15) is 13.2 Å². The molecule has 3 nitrogen and oxygen atoms in total. The third-order valence-electron chi connectivity index (χ3n) is 4.85. The molecule has 0 fully saturated rings. The number of amides is 1. The van der Waals surface area contributed by atoms with Gasteiger partial charge in [0.15, 0.2) is 0 Å². The van der Waals surface area contributed by atoms with E-state index in [0.29, 0.717) is 23.2 Å². The molecule has 1 amide bonds. The van der Waals surface area contributed by atoms with Gasteiger partial charge in [-0.25, -0.2) is 0 Å². The van der Waals surface area contributed by atoms with Gasteiger partial charge in [0.2, 0.25) is 0 Å². The molecule has 0 aliphatic heterocycles. The molecule has 0 radical (unpaired) electrons. The van der Waals surface area contributed by atoms with E-state index in [1.54, 1.807) is 24.3 Å². The molecular weight excluding hydrogens is 389 g/mol. The largest absolute Gasteiger partial charge is 0.416 e. The summed E-state index contributed by atoms with van der Waals surface area (Å²) in [4.78, 5) is 14.8. The van der Waals surface area contributed by atoms with Crippen molar-refractivity contribution in [2.45, 2.75) is 12.6 Å². The zero-order chi connectivity index (χ0) is 21.6. The summed E-state index contributed by atoms with van der Waals surface area (Å²) in [6.45, 7) is 1.28. The third-order valence-corrected chi connectivity index (χ3v) is 4.85. The first-order valence-electron chi connectivity index (χ1n) is 9.67. The number of rotatable bonds is 7. The van der Waals surface area contributed by atoms with E-state index in [1.807, 2.05) is 37.4 Å². The van der Waals surface area contributed by atoms with Crippen molar-refractivity contribution in [3.05, 3.63) is 90.0 Å². The molecule has 0 heterocycles. The van der Waals surface area contributed by atoms with Crippen molar-refractivity contribution in [3.8, 4) is 11.1 Å². The Labute approximate surface area is 174 Å². The molecule has 0 aliphatic rings. The van der Waals surface area contributed by atoms with Crippen LogP contribution in [0.2, 0.25) is 0 Å². The van der Waals surface area contributed by atoms with Gasteiger partial charge < -0.3 is 10.2 Å². The molecule has 0 aromatic heterocycles. The maximum atomic E-state index is 12.8. The molecule has 156 valence electrons. The van der Waals surface area contributed by atoms with Crippen LogP contribution in [0.25, 0.3) is 11.1 Å². The average Bonchev–Trinajstić information content (AvgIpc) is 2.76. The predicted octanol–water partition coefficient (Wildman–Crippen LogP) is 5.63. The maximum Gasteiger partial charge on any atom is 0.416 e. The molecule has 1 N–H and O–H groups in total. The van der Waals surface area contributed by atoms with Crippen LogP contribution in [0.1, 0.15) is 22.3 Å². The van der Waals surface area contributed by atoms with Gasteiger partial charge in [-0.1, -0.05) is 48.5 Å². The number of para-hydroxylation sites is 1. The molecule has 3 rings (SSSR count). The van der Waals surface area contributed by atoms with Crippen LogP contribution in [0.4, 0.5) is 18.9 Å². The number of alkyl halides is 3. The Morgan fingerprint density at radius 3 is 2.20 bits per heavy atom. The Morgan fingerprint density at radius 1 is 0.900 bits per heavy atom. The normalized spacial score (nSPS) is 11.2. The smallest absolute Gasteiger partial charge is 0.375 e. The van der Waals surface area contributed by atoms with Crippen molar-refractivity contribution in [2.75, 3.05) is 25.0 Å². The fraction of sp³-hybridized carbons (Fsp3) is 0.208. The number of hydrogen-bond acceptors (Lipinski definition) is 2. The minimum absolute atomic E-state index is 0.243. The van der Waals surface area contributed by atoms with Crippen LogP contribution in [-0.4, -0.2) is 26.0 Å². The summed E-state index contributed by atoms with van der Waals surface area (Å²) >= 11 is 0.